The molecule has 0 bridgehead atoms. The van der Waals surface area contributed by atoms with Gasteiger partial charge < -0.3 is 9.47 Å². The fourth-order valence-electron chi connectivity index (χ4n) is 2.79. The van der Waals surface area contributed by atoms with Crippen LogP contribution in [0.1, 0.15) is 38.2 Å². The number of rotatable bonds is 7. The van der Waals surface area contributed by atoms with Crippen LogP contribution in [0, 0.1) is 6.92 Å². The highest BCUT2D eigenvalue weighted by molar-refractivity contribution is 6.17. The zero-order valence-corrected chi connectivity index (χ0v) is 14.2. The molecule has 1 unspecified atom stereocenters. The Hall–Kier alpha value is -1.13. The predicted octanol–water partition coefficient (Wildman–Crippen LogP) is 3.42. The fraction of sp³-hybridized carbons (Fsp3) is 0.625. The van der Waals surface area contributed by atoms with Gasteiger partial charge in [0.15, 0.2) is 5.65 Å². The minimum atomic E-state index is 0.336. The number of likely N-dealkylation sites (N-methyl/N-ethyl adjacent to an activating group) is 1. The zero-order valence-electron chi connectivity index (χ0n) is 13.4. The minimum absolute atomic E-state index is 0.336. The lowest BCUT2D eigenvalue weighted by Crippen LogP contribution is -2.30. The Morgan fingerprint density at radius 3 is 2.67 bits per heavy atom. The van der Waals surface area contributed by atoms with Crippen LogP contribution in [0.5, 0.6) is 0 Å². The van der Waals surface area contributed by atoms with Crippen molar-refractivity contribution in [3.8, 4) is 0 Å². The van der Waals surface area contributed by atoms with Crippen LogP contribution in [-0.4, -0.2) is 44.9 Å². The summed E-state index contributed by atoms with van der Waals surface area (Å²) >= 11 is 5.95. The van der Waals surface area contributed by atoms with Crippen LogP contribution in [0.3, 0.4) is 0 Å². The topological polar surface area (TPSA) is 34.0 Å². The van der Waals surface area contributed by atoms with Crippen LogP contribution in [0.4, 0.5) is 0 Å². The molecule has 116 valence electrons. The lowest BCUT2D eigenvalue weighted by atomic mass is 10.2. The molecule has 2 aromatic rings. The van der Waals surface area contributed by atoms with Gasteiger partial charge >= 0.3 is 0 Å². The SMILES string of the molecule is CCN(CC)CC(C)n1c(CCCl)nc2cc(C)cnc21. The van der Waals surface area contributed by atoms with Gasteiger partial charge in [0.2, 0.25) is 0 Å². The second kappa shape index (κ2) is 7.23. The first-order valence-electron chi connectivity index (χ1n) is 7.72. The molecule has 0 aromatic carbocycles. The van der Waals surface area contributed by atoms with Crippen LogP contribution < -0.4 is 0 Å². The van der Waals surface area contributed by atoms with E-state index in [4.69, 9.17) is 16.6 Å². The van der Waals surface area contributed by atoms with Crippen molar-refractivity contribution in [2.75, 3.05) is 25.5 Å². The fourth-order valence-corrected chi connectivity index (χ4v) is 2.96. The Kier molecular flexibility index (Phi) is 5.59. The molecule has 0 radical (unpaired) electrons. The van der Waals surface area contributed by atoms with Gasteiger partial charge in [0, 0.05) is 31.1 Å². The molecule has 2 heterocycles. The lowest BCUT2D eigenvalue weighted by Gasteiger charge is -2.25. The van der Waals surface area contributed by atoms with E-state index in [-0.39, 0.29) is 0 Å². The third-order valence-electron chi connectivity index (χ3n) is 3.92. The molecule has 0 fully saturated rings. The Labute approximate surface area is 132 Å². The number of halogens is 1. The number of fused-ring (bicyclic) bond motifs is 1. The van der Waals surface area contributed by atoms with Crippen molar-refractivity contribution in [1.29, 1.82) is 0 Å². The average Bonchev–Trinajstić information content (AvgIpc) is 2.82. The number of aromatic nitrogens is 3. The molecular formula is C16H25ClN4. The maximum atomic E-state index is 5.95. The number of alkyl halides is 1. The molecule has 0 N–H and O–H groups in total. The first-order valence-corrected chi connectivity index (χ1v) is 8.25. The van der Waals surface area contributed by atoms with Crippen molar-refractivity contribution < 1.29 is 0 Å². The van der Waals surface area contributed by atoms with E-state index in [0.717, 1.165) is 48.6 Å². The largest absolute Gasteiger partial charge is 0.309 e. The number of pyridine rings is 1. The molecule has 2 rings (SSSR count). The highest BCUT2D eigenvalue weighted by Gasteiger charge is 2.18. The molecule has 0 amide bonds. The summed E-state index contributed by atoms with van der Waals surface area (Å²) < 4.78 is 2.26. The normalized spacial score (nSPS) is 13.2. The van der Waals surface area contributed by atoms with Crippen LogP contribution >= 0.6 is 11.6 Å². The summed E-state index contributed by atoms with van der Waals surface area (Å²) in [6, 6.07) is 2.43. The summed E-state index contributed by atoms with van der Waals surface area (Å²) in [5.41, 5.74) is 3.09. The molecule has 21 heavy (non-hydrogen) atoms. The first-order chi connectivity index (χ1) is 10.1. The Balaban J connectivity index is 2.41. The quantitative estimate of drug-likeness (QED) is 0.735. The summed E-state index contributed by atoms with van der Waals surface area (Å²) in [5.74, 6) is 1.62. The molecule has 0 saturated carbocycles. The highest BCUT2D eigenvalue weighted by atomic mass is 35.5. The van der Waals surface area contributed by atoms with Crippen LogP contribution in [0.2, 0.25) is 0 Å². The van der Waals surface area contributed by atoms with Gasteiger partial charge in [-0.2, -0.15) is 0 Å². The zero-order chi connectivity index (χ0) is 15.4. The van der Waals surface area contributed by atoms with Crippen LogP contribution in [0.15, 0.2) is 12.3 Å². The number of hydrogen-bond donors (Lipinski definition) is 0. The minimum Gasteiger partial charge on any atom is -0.309 e. The molecule has 1 atom stereocenters. The number of aryl methyl sites for hydroxylation is 2. The van der Waals surface area contributed by atoms with Crippen LogP contribution in [0.25, 0.3) is 11.2 Å². The van der Waals surface area contributed by atoms with E-state index >= 15 is 0 Å². The van der Waals surface area contributed by atoms with E-state index in [1.54, 1.807) is 0 Å². The summed E-state index contributed by atoms with van der Waals surface area (Å²) in [6.07, 6.45) is 2.69. The van der Waals surface area contributed by atoms with Gasteiger partial charge in [0.1, 0.15) is 11.3 Å². The van der Waals surface area contributed by atoms with E-state index in [1.165, 1.54) is 0 Å². The van der Waals surface area contributed by atoms with Gasteiger partial charge in [-0.25, -0.2) is 9.97 Å². The van der Waals surface area contributed by atoms with E-state index < -0.39 is 0 Å². The molecule has 0 aliphatic carbocycles. The Bertz CT molecular complexity index is 589. The van der Waals surface area contributed by atoms with Crippen molar-refractivity contribution in [3.05, 3.63) is 23.7 Å². The lowest BCUT2D eigenvalue weighted by molar-refractivity contribution is 0.261. The third kappa shape index (κ3) is 3.55. The molecule has 5 heteroatoms. The van der Waals surface area contributed by atoms with Gasteiger partial charge in [0.25, 0.3) is 0 Å². The average molecular weight is 309 g/mol. The van der Waals surface area contributed by atoms with Crippen LogP contribution in [-0.2, 0) is 6.42 Å². The summed E-state index contributed by atoms with van der Waals surface area (Å²) in [7, 11) is 0. The van der Waals surface area contributed by atoms with Gasteiger partial charge in [-0.15, -0.1) is 11.6 Å². The summed E-state index contributed by atoms with van der Waals surface area (Å²) in [4.78, 5) is 11.8. The maximum Gasteiger partial charge on any atom is 0.160 e. The van der Waals surface area contributed by atoms with Gasteiger partial charge in [-0.05, 0) is 38.6 Å². The molecular weight excluding hydrogens is 284 g/mol. The van der Waals surface area contributed by atoms with Crippen molar-refractivity contribution in [2.24, 2.45) is 0 Å². The smallest absolute Gasteiger partial charge is 0.160 e. The number of hydrogen-bond acceptors (Lipinski definition) is 3. The van der Waals surface area contributed by atoms with E-state index in [0.29, 0.717) is 11.9 Å². The van der Waals surface area contributed by atoms with E-state index in [1.807, 2.05) is 13.1 Å². The molecule has 4 nitrogen and oxygen atoms in total. The molecule has 2 aromatic heterocycles. The monoisotopic (exact) mass is 308 g/mol. The Morgan fingerprint density at radius 1 is 1.33 bits per heavy atom. The summed E-state index contributed by atoms with van der Waals surface area (Å²) in [6.45, 7) is 11.8. The standard InChI is InChI=1S/C16H25ClN4/c1-5-20(6-2)11-13(4)21-15(7-8-17)19-14-9-12(3)10-18-16(14)21/h9-10,13H,5-8,11H2,1-4H3. The molecule has 0 aliphatic heterocycles. The Morgan fingerprint density at radius 2 is 2.05 bits per heavy atom. The van der Waals surface area contributed by atoms with Crippen molar-refractivity contribution in [1.82, 2.24) is 19.4 Å². The van der Waals surface area contributed by atoms with Gasteiger partial charge in [-0.3, -0.25) is 0 Å². The maximum absolute atomic E-state index is 5.95. The molecule has 0 spiro atoms. The first kappa shape index (κ1) is 16.2. The van der Waals surface area contributed by atoms with E-state index in [9.17, 15) is 0 Å². The number of nitrogens with zero attached hydrogens (tertiary/aromatic N) is 4. The predicted molar refractivity (Wildman–Crippen MR) is 89.2 cm³/mol. The van der Waals surface area contributed by atoms with Gasteiger partial charge in [0.05, 0.1) is 0 Å². The second-order valence-corrected chi connectivity index (χ2v) is 5.91. The molecule has 0 aliphatic rings. The van der Waals surface area contributed by atoms with Crippen molar-refractivity contribution in [2.45, 2.75) is 40.2 Å². The second-order valence-electron chi connectivity index (χ2n) is 5.53. The van der Waals surface area contributed by atoms with E-state index in [2.05, 4.69) is 41.3 Å². The highest BCUT2D eigenvalue weighted by Crippen LogP contribution is 2.21. The van der Waals surface area contributed by atoms with Gasteiger partial charge in [-0.1, -0.05) is 13.8 Å². The van der Waals surface area contributed by atoms with Crippen molar-refractivity contribution >= 4 is 22.8 Å². The summed E-state index contributed by atoms with van der Waals surface area (Å²) in [5, 5.41) is 0. The van der Waals surface area contributed by atoms with Crippen molar-refractivity contribution in [3.63, 3.8) is 0 Å². The molecule has 0 saturated heterocycles. The number of imidazole rings is 1. The third-order valence-corrected chi connectivity index (χ3v) is 4.10.